The Hall–Kier alpha value is 0.190. The van der Waals surface area contributed by atoms with Crippen LogP contribution in [0.25, 0.3) is 0 Å². The van der Waals surface area contributed by atoms with Gasteiger partial charge in [0.25, 0.3) is 0 Å². The van der Waals surface area contributed by atoms with E-state index in [1.165, 1.54) is 17.9 Å². The summed E-state index contributed by atoms with van der Waals surface area (Å²) >= 11 is 2.07. The van der Waals surface area contributed by atoms with Gasteiger partial charge in [-0.15, -0.1) is 0 Å². The van der Waals surface area contributed by atoms with Crippen LogP contribution in [0.5, 0.6) is 0 Å². The second-order valence-corrected chi connectivity index (χ2v) is 7.36. The number of ether oxygens (including phenoxy) is 2. The predicted molar refractivity (Wildman–Crippen MR) is 78.0 cm³/mol. The Labute approximate surface area is 120 Å². The zero-order valence-electron chi connectivity index (χ0n) is 11.6. The Morgan fingerprint density at radius 2 is 2.00 bits per heavy atom. The van der Waals surface area contributed by atoms with Crippen LogP contribution in [0.2, 0.25) is 0 Å². The molecule has 110 valence electrons. The van der Waals surface area contributed by atoms with Gasteiger partial charge in [-0.05, 0) is 55.4 Å². The molecule has 3 unspecified atom stereocenters. The Kier molecular flexibility index (Phi) is 4.70. The van der Waals surface area contributed by atoms with Crippen molar-refractivity contribution >= 4 is 11.8 Å². The molecule has 5 heteroatoms. The predicted octanol–water partition coefficient (Wildman–Crippen LogP) is 1.55. The first-order chi connectivity index (χ1) is 9.33. The molecule has 1 spiro atoms. The highest BCUT2D eigenvalue weighted by Gasteiger charge is 2.43. The third-order valence-corrected chi connectivity index (χ3v) is 6.30. The van der Waals surface area contributed by atoms with Crippen molar-refractivity contribution in [2.24, 2.45) is 17.7 Å². The second-order valence-electron chi connectivity index (χ2n) is 6.21. The lowest BCUT2D eigenvalue weighted by Crippen LogP contribution is -2.53. The van der Waals surface area contributed by atoms with E-state index in [0.717, 1.165) is 51.4 Å². The van der Waals surface area contributed by atoms with Crippen LogP contribution in [0.3, 0.4) is 0 Å². The van der Waals surface area contributed by atoms with E-state index in [0.29, 0.717) is 12.0 Å². The van der Waals surface area contributed by atoms with Crippen molar-refractivity contribution in [1.29, 1.82) is 0 Å². The van der Waals surface area contributed by atoms with E-state index in [4.69, 9.17) is 15.3 Å². The minimum Gasteiger partial charge on any atom is -0.381 e. The summed E-state index contributed by atoms with van der Waals surface area (Å²) in [6.45, 7) is 2.60. The van der Waals surface area contributed by atoms with Gasteiger partial charge in [0.15, 0.2) is 0 Å². The van der Waals surface area contributed by atoms with Crippen molar-refractivity contribution in [1.82, 2.24) is 5.43 Å². The highest BCUT2D eigenvalue weighted by Crippen LogP contribution is 2.41. The van der Waals surface area contributed by atoms with Gasteiger partial charge in [0.05, 0.1) is 5.60 Å². The van der Waals surface area contributed by atoms with E-state index >= 15 is 0 Å². The van der Waals surface area contributed by atoms with E-state index < -0.39 is 0 Å². The van der Waals surface area contributed by atoms with Gasteiger partial charge < -0.3 is 9.47 Å². The van der Waals surface area contributed by atoms with E-state index in [1.54, 1.807) is 0 Å². The average molecular weight is 286 g/mol. The quantitative estimate of drug-likeness (QED) is 0.609. The lowest BCUT2D eigenvalue weighted by molar-refractivity contribution is -0.151. The van der Waals surface area contributed by atoms with Crippen molar-refractivity contribution in [2.75, 3.05) is 31.3 Å². The number of hydrogen-bond acceptors (Lipinski definition) is 5. The van der Waals surface area contributed by atoms with Gasteiger partial charge >= 0.3 is 0 Å². The molecule has 3 saturated heterocycles. The maximum Gasteiger partial charge on any atom is 0.0729 e. The molecule has 0 aliphatic carbocycles. The van der Waals surface area contributed by atoms with Crippen LogP contribution in [0, 0.1) is 11.8 Å². The van der Waals surface area contributed by atoms with Crippen molar-refractivity contribution < 1.29 is 9.47 Å². The summed E-state index contributed by atoms with van der Waals surface area (Å²) in [6, 6.07) is 0.471. The molecule has 0 saturated carbocycles. The molecule has 0 aromatic heterocycles. The van der Waals surface area contributed by atoms with Crippen molar-refractivity contribution in [2.45, 2.75) is 43.7 Å². The van der Waals surface area contributed by atoms with Crippen LogP contribution < -0.4 is 11.3 Å². The summed E-state index contributed by atoms with van der Waals surface area (Å²) in [5.41, 5.74) is 3.22. The van der Waals surface area contributed by atoms with E-state index in [-0.39, 0.29) is 5.60 Å². The minimum absolute atomic E-state index is 0.0853. The number of thioether (sulfide) groups is 1. The van der Waals surface area contributed by atoms with Crippen LogP contribution in [0.4, 0.5) is 0 Å². The highest BCUT2D eigenvalue weighted by atomic mass is 32.2. The van der Waals surface area contributed by atoms with Gasteiger partial charge in [-0.1, -0.05) is 0 Å². The Bertz CT molecular complexity index is 286. The number of nitrogens with one attached hydrogen (secondary N) is 1. The second kappa shape index (κ2) is 6.31. The maximum atomic E-state index is 6.14. The van der Waals surface area contributed by atoms with Gasteiger partial charge in [0.2, 0.25) is 0 Å². The van der Waals surface area contributed by atoms with Gasteiger partial charge in [0.1, 0.15) is 0 Å². The van der Waals surface area contributed by atoms with E-state index in [1.807, 2.05) is 0 Å². The van der Waals surface area contributed by atoms with Gasteiger partial charge in [0, 0.05) is 25.9 Å². The third kappa shape index (κ3) is 3.10. The molecule has 0 amide bonds. The van der Waals surface area contributed by atoms with Gasteiger partial charge in [-0.25, -0.2) is 0 Å². The van der Waals surface area contributed by atoms with E-state index in [2.05, 4.69) is 17.2 Å². The molecule has 0 aromatic rings. The molecule has 3 fully saturated rings. The molecule has 3 aliphatic heterocycles. The van der Waals surface area contributed by atoms with Crippen LogP contribution in [0.15, 0.2) is 0 Å². The molecule has 3 aliphatic rings. The summed E-state index contributed by atoms with van der Waals surface area (Å²) in [5.74, 6) is 9.85. The molecule has 3 atom stereocenters. The Morgan fingerprint density at radius 1 is 1.16 bits per heavy atom. The Morgan fingerprint density at radius 3 is 2.68 bits per heavy atom. The normalized spacial score (nSPS) is 36.5. The van der Waals surface area contributed by atoms with Crippen LogP contribution in [-0.2, 0) is 9.47 Å². The molecule has 0 bridgehead atoms. The fraction of sp³-hybridized carbons (Fsp3) is 1.00. The fourth-order valence-corrected chi connectivity index (χ4v) is 5.27. The molecule has 3 N–H and O–H groups in total. The molecule has 19 heavy (non-hydrogen) atoms. The summed E-state index contributed by atoms with van der Waals surface area (Å²) < 4.78 is 11.6. The topological polar surface area (TPSA) is 56.5 Å². The van der Waals surface area contributed by atoms with Crippen molar-refractivity contribution in [3.05, 3.63) is 0 Å². The highest BCUT2D eigenvalue weighted by molar-refractivity contribution is 7.99. The van der Waals surface area contributed by atoms with Gasteiger partial charge in [-0.3, -0.25) is 11.3 Å². The van der Waals surface area contributed by atoms with Crippen LogP contribution >= 0.6 is 11.8 Å². The lowest BCUT2D eigenvalue weighted by atomic mass is 9.75. The SMILES string of the molecule is NNC(C1CCSC1)C1CCOC2(CCOCC2)C1. The lowest BCUT2D eigenvalue weighted by Gasteiger charge is -2.46. The van der Waals surface area contributed by atoms with Gasteiger partial charge in [-0.2, -0.15) is 11.8 Å². The molecular formula is C14H26N2O2S. The number of nitrogens with two attached hydrogens (primary N) is 1. The largest absolute Gasteiger partial charge is 0.381 e. The molecule has 0 radical (unpaired) electrons. The van der Waals surface area contributed by atoms with Crippen LogP contribution in [-0.4, -0.2) is 43.0 Å². The first-order valence-corrected chi connectivity index (χ1v) is 8.74. The summed E-state index contributed by atoms with van der Waals surface area (Å²) in [4.78, 5) is 0. The summed E-state index contributed by atoms with van der Waals surface area (Å²) in [5, 5.41) is 0. The van der Waals surface area contributed by atoms with Crippen LogP contribution in [0.1, 0.15) is 32.1 Å². The fourth-order valence-electron chi connectivity index (χ4n) is 3.96. The average Bonchev–Trinajstić information content (AvgIpc) is 2.95. The summed E-state index contributed by atoms with van der Waals surface area (Å²) in [7, 11) is 0. The Balaban J connectivity index is 1.65. The van der Waals surface area contributed by atoms with E-state index in [9.17, 15) is 0 Å². The number of rotatable bonds is 3. The smallest absolute Gasteiger partial charge is 0.0729 e. The first kappa shape index (κ1) is 14.1. The molecule has 4 nitrogen and oxygen atoms in total. The first-order valence-electron chi connectivity index (χ1n) is 7.59. The molecule has 3 rings (SSSR count). The van der Waals surface area contributed by atoms with Crippen molar-refractivity contribution in [3.8, 4) is 0 Å². The number of hydrazine groups is 1. The molecular weight excluding hydrogens is 260 g/mol. The standard InChI is InChI=1S/C14H26N2O2S/c15-16-13(12-2-8-19-10-12)11-1-5-18-14(9-11)3-6-17-7-4-14/h11-13,16H,1-10,15H2. The monoisotopic (exact) mass is 286 g/mol. The molecule has 0 aromatic carbocycles. The maximum absolute atomic E-state index is 6.14. The zero-order valence-corrected chi connectivity index (χ0v) is 12.4. The number of hydrogen-bond donors (Lipinski definition) is 2. The molecule has 3 heterocycles. The summed E-state index contributed by atoms with van der Waals surface area (Å²) in [6.07, 6.45) is 5.73. The third-order valence-electron chi connectivity index (χ3n) is 5.11. The van der Waals surface area contributed by atoms with Crippen molar-refractivity contribution in [3.63, 3.8) is 0 Å². The zero-order chi connectivity index (χ0) is 13.1. The minimum atomic E-state index is 0.0853.